The van der Waals surface area contributed by atoms with E-state index in [2.05, 4.69) is 0 Å². The zero-order valence-corrected chi connectivity index (χ0v) is 15.8. The number of anilines is 1. The van der Waals surface area contributed by atoms with Crippen LogP contribution in [0.25, 0.3) is 10.8 Å². The highest BCUT2D eigenvalue weighted by molar-refractivity contribution is 8.01. The van der Waals surface area contributed by atoms with E-state index in [1.807, 2.05) is 36.4 Å². The molecule has 1 aliphatic rings. The first-order chi connectivity index (χ1) is 13.0. The molecule has 1 aliphatic heterocycles. The molecule has 0 unspecified atom stereocenters. The Hall–Kier alpha value is -2.58. The number of hydrogen-bond donors (Lipinski definition) is 0. The molecule has 0 N–H and O–H groups in total. The first-order valence-corrected chi connectivity index (χ1v) is 10.9. The number of hydrogen-bond acceptors (Lipinski definition) is 5. The zero-order valence-electron chi connectivity index (χ0n) is 14.2. The summed E-state index contributed by atoms with van der Waals surface area (Å²) < 4.78 is 28.5. The van der Waals surface area contributed by atoms with Crippen LogP contribution < -0.4 is 4.31 Å². The summed E-state index contributed by atoms with van der Waals surface area (Å²) in [4.78, 5) is 10.5. The summed E-state index contributed by atoms with van der Waals surface area (Å²) >= 11 is 1.66. The van der Waals surface area contributed by atoms with Crippen LogP contribution in [0.15, 0.2) is 71.6 Å². The number of rotatable bonds is 5. The molecular formula is C19H16N2O4S2. The third-order valence-corrected chi connectivity index (χ3v) is 7.71. The lowest BCUT2D eigenvalue weighted by atomic mass is 10.1. The van der Waals surface area contributed by atoms with E-state index in [-0.39, 0.29) is 10.9 Å². The normalized spacial score (nSPS) is 14.7. The van der Waals surface area contributed by atoms with Gasteiger partial charge in [0.1, 0.15) is 0 Å². The molecular weight excluding hydrogens is 384 g/mol. The van der Waals surface area contributed by atoms with Gasteiger partial charge in [-0.05, 0) is 17.5 Å². The number of nitro groups is 1. The van der Waals surface area contributed by atoms with Crippen molar-refractivity contribution in [3.63, 3.8) is 0 Å². The minimum atomic E-state index is -4.10. The van der Waals surface area contributed by atoms with Crippen molar-refractivity contribution in [3.05, 3.63) is 76.8 Å². The second kappa shape index (κ2) is 6.86. The molecule has 0 amide bonds. The zero-order chi connectivity index (χ0) is 19.0. The van der Waals surface area contributed by atoms with Crippen molar-refractivity contribution in [2.45, 2.75) is 10.9 Å². The van der Waals surface area contributed by atoms with Crippen LogP contribution in [0.5, 0.6) is 0 Å². The molecule has 0 saturated carbocycles. The van der Waals surface area contributed by atoms with Crippen molar-refractivity contribution in [2.24, 2.45) is 0 Å². The van der Waals surface area contributed by atoms with Gasteiger partial charge in [0.25, 0.3) is 15.7 Å². The quantitative estimate of drug-likeness (QED) is 0.477. The molecule has 3 aromatic rings. The molecule has 4 rings (SSSR count). The van der Waals surface area contributed by atoms with Gasteiger partial charge < -0.3 is 0 Å². The van der Waals surface area contributed by atoms with Crippen LogP contribution in [-0.2, 0) is 10.0 Å². The van der Waals surface area contributed by atoms with Crippen LogP contribution in [-0.4, -0.2) is 30.9 Å². The van der Waals surface area contributed by atoms with Crippen LogP contribution >= 0.6 is 11.8 Å². The van der Waals surface area contributed by atoms with Crippen molar-refractivity contribution < 1.29 is 13.3 Å². The van der Waals surface area contributed by atoms with E-state index in [0.29, 0.717) is 17.2 Å². The standard InChI is InChI=1S/C19H16N2O4S2/c22-21(23)18-9-3-4-11-19(18)27(24,25)20(15-12-26-13-15)17-10-5-7-14-6-1-2-8-16(14)17/h1-11,15H,12-13H2. The third-order valence-electron chi connectivity index (χ3n) is 4.55. The number of fused-ring (bicyclic) bond motifs is 1. The lowest BCUT2D eigenvalue weighted by Crippen LogP contribution is -2.48. The topological polar surface area (TPSA) is 80.5 Å². The molecule has 8 heteroatoms. The van der Waals surface area contributed by atoms with E-state index in [9.17, 15) is 18.5 Å². The monoisotopic (exact) mass is 400 g/mol. The van der Waals surface area contributed by atoms with Crippen molar-refractivity contribution >= 4 is 43.9 Å². The van der Waals surface area contributed by atoms with Crippen LogP contribution in [0.2, 0.25) is 0 Å². The average molecular weight is 400 g/mol. The highest BCUT2D eigenvalue weighted by atomic mass is 32.2. The predicted molar refractivity (Wildman–Crippen MR) is 108 cm³/mol. The van der Waals surface area contributed by atoms with Gasteiger partial charge in [-0.15, -0.1) is 0 Å². The van der Waals surface area contributed by atoms with Crippen molar-refractivity contribution in [2.75, 3.05) is 15.8 Å². The lowest BCUT2D eigenvalue weighted by Gasteiger charge is -2.38. The van der Waals surface area contributed by atoms with Crippen molar-refractivity contribution in [1.29, 1.82) is 0 Å². The van der Waals surface area contributed by atoms with Crippen molar-refractivity contribution in [3.8, 4) is 0 Å². The number of nitrogens with zero attached hydrogens (tertiary/aromatic N) is 2. The van der Waals surface area contributed by atoms with Gasteiger partial charge in [0.05, 0.1) is 16.7 Å². The van der Waals surface area contributed by atoms with Crippen LogP contribution in [0.1, 0.15) is 0 Å². The Morgan fingerprint density at radius 2 is 1.63 bits per heavy atom. The average Bonchev–Trinajstić information content (AvgIpc) is 2.64. The van der Waals surface area contributed by atoms with Gasteiger partial charge in [-0.3, -0.25) is 14.4 Å². The summed E-state index contributed by atoms with van der Waals surface area (Å²) in [6.07, 6.45) is 0. The second-order valence-electron chi connectivity index (χ2n) is 6.22. The molecule has 1 heterocycles. The highest BCUT2D eigenvalue weighted by Gasteiger charge is 2.39. The van der Waals surface area contributed by atoms with E-state index in [4.69, 9.17) is 0 Å². The summed E-state index contributed by atoms with van der Waals surface area (Å²) in [5, 5.41) is 13.1. The Morgan fingerprint density at radius 3 is 2.33 bits per heavy atom. The van der Waals surface area contributed by atoms with Crippen LogP contribution in [0.3, 0.4) is 0 Å². The maximum absolute atomic E-state index is 13.5. The summed E-state index contributed by atoms with van der Waals surface area (Å²) in [5.74, 6) is 1.31. The summed E-state index contributed by atoms with van der Waals surface area (Å²) in [6, 6.07) is 18.3. The summed E-state index contributed by atoms with van der Waals surface area (Å²) in [5.41, 5.74) is 0.145. The number of nitro benzene ring substituents is 1. The molecule has 0 radical (unpaired) electrons. The fourth-order valence-corrected chi connectivity index (χ4v) is 5.98. The molecule has 27 heavy (non-hydrogen) atoms. The minimum Gasteiger partial charge on any atom is -0.261 e. The van der Waals surface area contributed by atoms with E-state index in [1.54, 1.807) is 17.8 Å². The third kappa shape index (κ3) is 3.04. The predicted octanol–water partition coefficient (Wildman–Crippen LogP) is 4.06. The van der Waals surface area contributed by atoms with Crippen LogP contribution in [0.4, 0.5) is 11.4 Å². The van der Waals surface area contributed by atoms with Gasteiger partial charge in [0.2, 0.25) is 0 Å². The Balaban J connectivity index is 1.95. The highest BCUT2D eigenvalue weighted by Crippen LogP contribution is 2.39. The Labute approximate surface area is 161 Å². The fourth-order valence-electron chi connectivity index (χ4n) is 3.21. The molecule has 0 bridgehead atoms. The van der Waals surface area contributed by atoms with Crippen molar-refractivity contribution in [1.82, 2.24) is 0 Å². The fraction of sp³-hybridized carbons (Fsp3) is 0.158. The Kier molecular flexibility index (Phi) is 4.53. The molecule has 6 nitrogen and oxygen atoms in total. The van der Waals surface area contributed by atoms with Gasteiger partial charge in [0, 0.05) is 23.0 Å². The molecule has 0 aliphatic carbocycles. The first kappa shape index (κ1) is 17.8. The van der Waals surface area contributed by atoms with Gasteiger partial charge >= 0.3 is 0 Å². The first-order valence-electron chi connectivity index (χ1n) is 8.33. The molecule has 1 saturated heterocycles. The lowest BCUT2D eigenvalue weighted by molar-refractivity contribution is -0.387. The molecule has 0 atom stereocenters. The van der Waals surface area contributed by atoms with E-state index in [0.717, 1.165) is 10.8 Å². The Bertz CT molecular complexity index is 1120. The number of benzene rings is 3. The van der Waals surface area contributed by atoms with E-state index in [1.165, 1.54) is 28.6 Å². The largest absolute Gasteiger partial charge is 0.289 e. The second-order valence-corrected chi connectivity index (χ2v) is 9.07. The van der Waals surface area contributed by atoms with Gasteiger partial charge in [-0.2, -0.15) is 11.8 Å². The van der Waals surface area contributed by atoms with Gasteiger partial charge in [0.15, 0.2) is 4.90 Å². The maximum Gasteiger partial charge on any atom is 0.289 e. The van der Waals surface area contributed by atoms with Gasteiger partial charge in [-0.25, -0.2) is 8.42 Å². The summed E-state index contributed by atoms with van der Waals surface area (Å²) in [7, 11) is -4.10. The number of para-hydroxylation sites is 1. The molecule has 1 fully saturated rings. The number of sulfonamides is 1. The minimum absolute atomic E-state index is 0.231. The summed E-state index contributed by atoms with van der Waals surface area (Å²) in [6.45, 7) is 0. The van der Waals surface area contributed by atoms with Gasteiger partial charge in [-0.1, -0.05) is 48.5 Å². The molecule has 0 spiro atoms. The Morgan fingerprint density at radius 1 is 0.963 bits per heavy atom. The van der Waals surface area contributed by atoms with E-state index < -0.39 is 20.6 Å². The SMILES string of the molecule is O=[N+]([O-])c1ccccc1S(=O)(=O)N(c1cccc2ccccc12)C1CSC1. The van der Waals surface area contributed by atoms with E-state index >= 15 is 0 Å². The molecule has 0 aromatic heterocycles. The maximum atomic E-state index is 13.5. The smallest absolute Gasteiger partial charge is 0.261 e. The van der Waals surface area contributed by atoms with Crippen LogP contribution in [0, 0.1) is 10.1 Å². The number of thioether (sulfide) groups is 1. The molecule has 138 valence electrons. The molecule has 3 aromatic carbocycles.